The zero-order valence-corrected chi connectivity index (χ0v) is 13.7. The summed E-state index contributed by atoms with van der Waals surface area (Å²) in [6.45, 7) is 18.4. The molecule has 1 saturated heterocycles. The molecule has 0 N–H and O–H groups in total. The van der Waals surface area contributed by atoms with Crippen molar-refractivity contribution in [3.8, 4) is 0 Å². The van der Waals surface area contributed by atoms with Crippen LogP contribution in [0.3, 0.4) is 0 Å². The van der Waals surface area contributed by atoms with Crippen LogP contribution in [0.2, 0.25) is 0 Å². The number of benzene rings is 1. The topological polar surface area (TPSA) is 54.5 Å². The summed E-state index contributed by atoms with van der Waals surface area (Å²) >= 11 is 0. The molecule has 0 aliphatic carbocycles. The second-order valence-electron chi connectivity index (χ2n) is 5.71. The molecule has 120 valence electrons. The van der Waals surface area contributed by atoms with Gasteiger partial charge in [0.1, 0.15) is 0 Å². The van der Waals surface area contributed by atoms with E-state index in [1.165, 1.54) is 23.1 Å². The number of aromatic nitrogens is 2. The highest BCUT2D eigenvalue weighted by atomic mass is 15.3. The van der Waals surface area contributed by atoms with Crippen LogP contribution in [0.1, 0.15) is 18.4 Å². The molecule has 0 spiro atoms. The highest BCUT2D eigenvalue weighted by Gasteiger charge is 2.19. The van der Waals surface area contributed by atoms with Crippen molar-refractivity contribution < 1.29 is 0 Å². The smallest absolute Gasteiger partial charge is 0.373 e. The van der Waals surface area contributed by atoms with E-state index in [9.17, 15) is 0 Å². The third-order valence-corrected chi connectivity index (χ3v) is 4.13. The molecule has 1 aliphatic rings. The number of nitrogens with zero attached hydrogens (tertiary/aromatic N) is 7. The van der Waals surface area contributed by atoms with E-state index in [0.29, 0.717) is 0 Å². The van der Waals surface area contributed by atoms with Crippen LogP contribution < -0.4 is 4.90 Å². The van der Waals surface area contributed by atoms with Crippen molar-refractivity contribution in [2.24, 2.45) is 17.3 Å². The zero-order chi connectivity index (χ0) is 17.1. The Morgan fingerprint density at radius 2 is 1.88 bits per heavy atom. The Morgan fingerprint density at radius 3 is 2.46 bits per heavy atom. The van der Waals surface area contributed by atoms with Crippen molar-refractivity contribution in [1.29, 1.82) is 0 Å². The highest BCUT2D eigenvalue weighted by Crippen LogP contribution is 2.33. The van der Waals surface area contributed by atoms with Crippen molar-refractivity contribution in [3.05, 3.63) is 46.6 Å². The molecule has 1 aromatic carbocycles. The van der Waals surface area contributed by atoms with E-state index in [1.54, 1.807) is 7.05 Å². The quantitative estimate of drug-likeness (QED) is 0.600. The van der Waals surface area contributed by atoms with Crippen molar-refractivity contribution in [3.63, 3.8) is 0 Å². The molecule has 0 atom stereocenters. The van der Waals surface area contributed by atoms with Gasteiger partial charge in [-0.15, -0.1) is 5.11 Å². The van der Waals surface area contributed by atoms with Crippen LogP contribution >= 0.6 is 0 Å². The van der Waals surface area contributed by atoms with Crippen molar-refractivity contribution in [1.82, 2.24) is 9.55 Å². The summed E-state index contributed by atoms with van der Waals surface area (Å²) in [5.41, 5.74) is 3.01. The van der Waals surface area contributed by atoms with Gasteiger partial charge < -0.3 is 14.6 Å². The standard InChI is InChI=1S/C17H17N7/c1-12-11-13(24-9-5-6-10-24)7-8-14(12)21-22-17-20-15(18-2)16(19-3)23(17)4/h7-8,11H,5-6,9-10H2,1,4H3. The van der Waals surface area contributed by atoms with Crippen LogP contribution in [-0.4, -0.2) is 22.6 Å². The van der Waals surface area contributed by atoms with Gasteiger partial charge in [0.15, 0.2) is 0 Å². The van der Waals surface area contributed by atoms with E-state index in [-0.39, 0.29) is 17.6 Å². The van der Waals surface area contributed by atoms with E-state index >= 15 is 0 Å². The van der Waals surface area contributed by atoms with Gasteiger partial charge in [-0.2, -0.15) is 0 Å². The first-order valence-electron chi connectivity index (χ1n) is 7.73. The zero-order valence-electron chi connectivity index (χ0n) is 13.7. The van der Waals surface area contributed by atoms with Gasteiger partial charge in [0.25, 0.3) is 11.6 Å². The SMILES string of the molecule is [C-]#[N+]c1nc(N=Nc2ccc(N3CCCC3)cc2C)n(C)c1[N+]#[C-]. The Balaban J connectivity index is 1.86. The van der Waals surface area contributed by atoms with E-state index in [2.05, 4.69) is 41.9 Å². The summed E-state index contributed by atoms with van der Waals surface area (Å²) in [6.07, 6.45) is 2.48. The predicted octanol–water partition coefficient (Wildman–Crippen LogP) is 4.85. The fraction of sp³-hybridized carbons (Fsp3) is 0.353. The molecule has 0 radical (unpaired) electrons. The molecule has 2 heterocycles. The molecule has 7 heteroatoms. The third-order valence-electron chi connectivity index (χ3n) is 4.13. The molecule has 24 heavy (non-hydrogen) atoms. The Kier molecular flexibility index (Phi) is 4.26. The van der Waals surface area contributed by atoms with Gasteiger partial charge >= 0.3 is 5.95 Å². The number of anilines is 1. The Bertz CT molecular complexity index is 874. The highest BCUT2D eigenvalue weighted by molar-refractivity contribution is 5.66. The van der Waals surface area contributed by atoms with Crippen LogP contribution in [0.5, 0.6) is 0 Å². The Morgan fingerprint density at radius 1 is 1.12 bits per heavy atom. The lowest BCUT2D eigenvalue weighted by atomic mass is 10.1. The number of azo groups is 1. The van der Waals surface area contributed by atoms with Gasteiger partial charge in [-0.3, -0.25) is 0 Å². The Labute approximate surface area is 140 Å². The molecule has 0 unspecified atom stereocenters. The molecule has 0 amide bonds. The van der Waals surface area contributed by atoms with Gasteiger partial charge in [0.2, 0.25) is 0 Å². The first-order valence-corrected chi connectivity index (χ1v) is 7.73. The second kappa shape index (κ2) is 6.51. The number of aryl methyl sites for hydroxylation is 1. The maximum absolute atomic E-state index is 7.12. The summed E-state index contributed by atoms with van der Waals surface area (Å²) in [5, 5.41) is 8.36. The van der Waals surface area contributed by atoms with Crippen LogP contribution in [-0.2, 0) is 7.05 Å². The maximum atomic E-state index is 7.12. The third kappa shape index (κ3) is 2.84. The average molecular weight is 319 g/mol. The van der Waals surface area contributed by atoms with Crippen LogP contribution in [0.25, 0.3) is 9.69 Å². The van der Waals surface area contributed by atoms with Crippen molar-refractivity contribution in [2.75, 3.05) is 18.0 Å². The molecule has 1 fully saturated rings. The van der Waals surface area contributed by atoms with E-state index in [0.717, 1.165) is 24.3 Å². The van der Waals surface area contributed by atoms with Gasteiger partial charge in [-0.1, -0.05) is 23.2 Å². The van der Waals surface area contributed by atoms with Crippen molar-refractivity contribution in [2.45, 2.75) is 19.8 Å². The first-order chi connectivity index (χ1) is 11.6. The van der Waals surface area contributed by atoms with E-state index < -0.39 is 0 Å². The molecule has 3 rings (SSSR count). The van der Waals surface area contributed by atoms with E-state index in [4.69, 9.17) is 13.1 Å². The fourth-order valence-corrected chi connectivity index (χ4v) is 2.78. The van der Waals surface area contributed by atoms with Crippen LogP contribution in [0, 0.1) is 20.1 Å². The Hall–Kier alpha value is -3.19. The monoisotopic (exact) mass is 319 g/mol. The minimum atomic E-state index is 0.0579. The predicted molar refractivity (Wildman–Crippen MR) is 92.5 cm³/mol. The molecular weight excluding hydrogens is 302 g/mol. The van der Waals surface area contributed by atoms with Gasteiger partial charge in [-0.05, 0) is 43.5 Å². The maximum Gasteiger partial charge on any atom is 0.416 e. The lowest BCUT2D eigenvalue weighted by molar-refractivity contribution is 0.906. The molecule has 0 bridgehead atoms. The minimum absolute atomic E-state index is 0.0579. The second-order valence-corrected chi connectivity index (χ2v) is 5.71. The normalized spacial score (nSPS) is 14.1. The van der Waals surface area contributed by atoms with Crippen LogP contribution in [0.4, 0.5) is 29.0 Å². The molecule has 7 nitrogen and oxygen atoms in total. The minimum Gasteiger partial charge on any atom is -0.373 e. The largest absolute Gasteiger partial charge is 0.416 e. The molecule has 2 aromatic rings. The van der Waals surface area contributed by atoms with Crippen molar-refractivity contribution >= 4 is 29.0 Å². The first kappa shape index (κ1) is 15.7. The van der Waals surface area contributed by atoms with Gasteiger partial charge in [0, 0.05) is 18.8 Å². The summed E-state index contributed by atoms with van der Waals surface area (Å²) in [4.78, 5) is 13.0. The number of hydrogen-bond donors (Lipinski definition) is 0. The van der Waals surface area contributed by atoms with Crippen LogP contribution in [0.15, 0.2) is 28.4 Å². The molecule has 0 saturated carbocycles. The molecular formula is C17H17N7. The van der Waals surface area contributed by atoms with Gasteiger partial charge in [-0.25, -0.2) is 4.57 Å². The summed E-state index contributed by atoms with van der Waals surface area (Å²) in [6, 6.07) is 6.12. The lowest BCUT2D eigenvalue weighted by Crippen LogP contribution is -2.17. The molecule has 1 aromatic heterocycles. The lowest BCUT2D eigenvalue weighted by Gasteiger charge is -2.18. The summed E-state index contributed by atoms with van der Waals surface area (Å²) in [5.74, 6) is 0.498. The number of imidazole rings is 1. The fourth-order valence-electron chi connectivity index (χ4n) is 2.78. The van der Waals surface area contributed by atoms with Gasteiger partial charge in [0.05, 0.1) is 12.7 Å². The number of rotatable bonds is 3. The average Bonchev–Trinajstić information content (AvgIpc) is 3.21. The summed E-state index contributed by atoms with van der Waals surface area (Å²) < 4.78 is 1.48. The molecule has 1 aliphatic heterocycles. The number of hydrogen-bond acceptors (Lipinski definition) is 4. The van der Waals surface area contributed by atoms with E-state index in [1.807, 2.05) is 13.0 Å². The summed E-state index contributed by atoms with van der Waals surface area (Å²) in [7, 11) is 1.66.